The molecule has 0 unspecified atom stereocenters. The molecule has 1 heterocycles. The Kier molecular flexibility index (Phi) is 4.50. The molecule has 1 aromatic heterocycles. The molecule has 0 aliphatic carbocycles. The SMILES string of the molecule is CC(C)NC[C@H](O)COc1c(F)ccc2[nH]c3ccccc3c12. The van der Waals surface area contributed by atoms with Crippen molar-refractivity contribution < 1.29 is 14.2 Å². The summed E-state index contributed by atoms with van der Waals surface area (Å²) in [6.45, 7) is 4.44. The van der Waals surface area contributed by atoms with Crippen LogP contribution in [0.5, 0.6) is 5.75 Å². The number of aliphatic hydroxyl groups excluding tert-OH is 1. The molecule has 1 atom stereocenters. The van der Waals surface area contributed by atoms with Gasteiger partial charge in [0.2, 0.25) is 0 Å². The molecule has 0 bridgehead atoms. The standard InChI is InChI=1S/C18H21FN2O2/c1-11(2)20-9-12(22)10-23-18-14(19)7-8-16-17(18)13-5-3-4-6-15(13)21-16/h3-8,11-12,20-22H,9-10H2,1-2H3/t12-/m0/s1. The van der Waals surface area contributed by atoms with Gasteiger partial charge in [-0.2, -0.15) is 0 Å². The van der Waals surface area contributed by atoms with Crippen LogP contribution in [0.15, 0.2) is 36.4 Å². The second-order valence-electron chi connectivity index (χ2n) is 6.00. The van der Waals surface area contributed by atoms with Crippen LogP contribution in [0.4, 0.5) is 4.39 Å². The van der Waals surface area contributed by atoms with E-state index >= 15 is 0 Å². The highest BCUT2D eigenvalue weighted by molar-refractivity contribution is 6.10. The largest absolute Gasteiger partial charge is 0.487 e. The summed E-state index contributed by atoms with van der Waals surface area (Å²) in [7, 11) is 0. The molecular formula is C18H21FN2O2. The van der Waals surface area contributed by atoms with Gasteiger partial charge in [0, 0.05) is 23.5 Å². The first-order chi connectivity index (χ1) is 11.1. The van der Waals surface area contributed by atoms with Crippen molar-refractivity contribution in [2.75, 3.05) is 13.2 Å². The van der Waals surface area contributed by atoms with Crippen molar-refractivity contribution in [3.8, 4) is 5.75 Å². The molecule has 3 aromatic rings. The van der Waals surface area contributed by atoms with Crippen LogP contribution in [0.25, 0.3) is 21.8 Å². The quantitative estimate of drug-likeness (QED) is 0.654. The molecule has 3 rings (SSSR count). The van der Waals surface area contributed by atoms with E-state index in [1.807, 2.05) is 38.1 Å². The Hall–Kier alpha value is -2.11. The summed E-state index contributed by atoms with van der Waals surface area (Å²) < 4.78 is 19.9. The number of aliphatic hydroxyl groups is 1. The molecule has 122 valence electrons. The molecule has 0 radical (unpaired) electrons. The van der Waals surface area contributed by atoms with E-state index in [2.05, 4.69) is 10.3 Å². The number of para-hydroxylation sites is 1. The first-order valence-corrected chi connectivity index (χ1v) is 7.79. The fourth-order valence-corrected chi connectivity index (χ4v) is 2.64. The number of halogens is 1. The maximum absolute atomic E-state index is 14.3. The predicted molar refractivity (Wildman–Crippen MR) is 90.4 cm³/mol. The molecule has 0 fully saturated rings. The van der Waals surface area contributed by atoms with E-state index in [1.165, 1.54) is 6.07 Å². The summed E-state index contributed by atoms with van der Waals surface area (Å²) >= 11 is 0. The number of fused-ring (bicyclic) bond motifs is 3. The van der Waals surface area contributed by atoms with Crippen molar-refractivity contribution in [1.29, 1.82) is 0 Å². The van der Waals surface area contributed by atoms with Gasteiger partial charge in [0.15, 0.2) is 11.6 Å². The Labute approximate surface area is 134 Å². The fourth-order valence-electron chi connectivity index (χ4n) is 2.64. The molecular weight excluding hydrogens is 295 g/mol. The van der Waals surface area contributed by atoms with Crippen LogP contribution in [-0.4, -0.2) is 35.4 Å². The van der Waals surface area contributed by atoms with Gasteiger partial charge in [-0.15, -0.1) is 0 Å². The zero-order chi connectivity index (χ0) is 16.4. The lowest BCUT2D eigenvalue weighted by molar-refractivity contribution is 0.103. The maximum atomic E-state index is 14.3. The third-order valence-corrected chi connectivity index (χ3v) is 3.76. The third-order valence-electron chi connectivity index (χ3n) is 3.76. The first-order valence-electron chi connectivity index (χ1n) is 7.79. The Morgan fingerprint density at radius 3 is 2.74 bits per heavy atom. The topological polar surface area (TPSA) is 57.3 Å². The smallest absolute Gasteiger partial charge is 0.165 e. The first kappa shape index (κ1) is 15.8. The van der Waals surface area contributed by atoms with Gasteiger partial charge in [-0.25, -0.2) is 4.39 Å². The Morgan fingerprint density at radius 1 is 1.17 bits per heavy atom. The molecule has 0 saturated carbocycles. The van der Waals surface area contributed by atoms with Gasteiger partial charge < -0.3 is 20.1 Å². The number of hydrogen-bond donors (Lipinski definition) is 3. The summed E-state index contributed by atoms with van der Waals surface area (Å²) in [6.07, 6.45) is -0.697. The van der Waals surface area contributed by atoms with Crippen LogP contribution in [0.1, 0.15) is 13.8 Å². The predicted octanol–water partition coefficient (Wildman–Crippen LogP) is 3.20. The van der Waals surface area contributed by atoms with Gasteiger partial charge in [-0.05, 0) is 18.2 Å². The van der Waals surface area contributed by atoms with Crippen LogP contribution < -0.4 is 10.1 Å². The van der Waals surface area contributed by atoms with Gasteiger partial charge in [0.1, 0.15) is 12.7 Å². The Balaban J connectivity index is 1.89. The molecule has 0 spiro atoms. The van der Waals surface area contributed by atoms with E-state index in [0.29, 0.717) is 11.9 Å². The number of rotatable bonds is 6. The molecule has 0 aliphatic rings. The van der Waals surface area contributed by atoms with E-state index < -0.39 is 11.9 Å². The molecule has 2 aromatic carbocycles. The molecule has 3 N–H and O–H groups in total. The van der Waals surface area contributed by atoms with Gasteiger partial charge in [0.05, 0.1) is 10.9 Å². The molecule has 4 nitrogen and oxygen atoms in total. The average Bonchev–Trinajstić information content (AvgIpc) is 2.91. The highest BCUT2D eigenvalue weighted by Gasteiger charge is 2.16. The summed E-state index contributed by atoms with van der Waals surface area (Å²) in [5.41, 5.74) is 1.75. The van der Waals surface area contributed by atoms with E-state index in [4.69, 9.17) is 4.74 Å². The molecule has 23 heavy (non-hydrogen) atoms. The summed E-state index contributed by atoms with van der Waals surface area (Å²) in [5, 5.41) is 14.7. The normalized spacial score (nSPS) is 13.1. The average molecular weight is 316 g/mol. The van der Waals surface area contributed by atoms with Crippen LogP contribution in [0.3, 0.4) is 0 Å². The lowest BCUT2D eigenvalue weighted by atomic mass is 10.1. The highest BCUT2D eigenvalue weighted by Crippen LogP contribution is 2.35. The maximum Gasteiger partial charge on any atom is 0.165 e. The van der Waals surface area contributed by atoms with Crippen molar-refractivity contribution >= 4 is 21.8 Å². The van der Waals surface area contributed by atoms with Gasteiger partial charge in [-0.3, -0.25) is 0 Å². The number of nitrogens with one attached hydrogen (secondary N) is 2. The second-order valence-corrected chi connectivity index (χ2v) is 6.00. The van der Waals surface area contributed by atoms with E-state index in [-0.39, 0.29) is 18.4 Å². The van der Waals surface area contributed by atoms with Crippen molar-refractivity contribution in [2.45, 2.75) is 26.0 Å². The van der Waals surface area contributed by atoms with E-state index in [1.54, 1.807) is 6.07 Å². The number of aromatic nitrogens is 1. The third kappa shape index (κ3) is 3.30. The minimum atomic E-state index is -0.697. The highest BCUT2D eigenvalue weighted by atomic mass is 19.1. The molecule has 5 heteroatoms. The zero-order valence-electron chi connectivity index (χ0n) is 13.3. The molecule has 0 amide bonds. The number of hydrogen-bond acceptors (Lipinski definition) is 3. The number of benzene rings is 2. The number of H-pyrrole nitrogens is 1. The summed E-state index contributed by atoms with van der Waals surface area (Å²) in [5.74, 6) is -0.241. The lowest BCUT2D eigenvalue weighted by Crippen LogP contribution is -2.35. The Bertz CT molecular complexity index is 813. The molecule has 0 saturated heterocycles. The van der Waals surface area contributed by atoms with Crippen molar-refractivity contribution in [3.05, 3.63) is 42.2 Å². The summed E-state index contributed by atoms with van der Waals surface area (Å²) in [6, 6.07) is 11.1. The van der Waals surface area contributed by atoms with E-state index in [9.17, 15) is 9.50 Å². The Morgan fingerprint density at radius 2 is 1.96 bits per heavy atom. The lowest BCUT2D eigenvalue weighted by Gasteiger charge is -2.16. The van der Waals surface area contributed by atoms with Crippen molar-refractivity contribution in [1.82, 2.24) is 10.3 Å². The second kappa shape index (κ2) is 6.56. The van der Waals surface area contributed by atoms with Crippen LogP contribution in [-0.2, 0) is 0 Å². The fraction of sp³-hybridized carbons (Fsp3) is 0.333. The van der Waals surface area contributed by atoms with Crippen LogP contribution >= 0.6 is 0 Å². The van der Waals surface area contributed by atoms with Crippen molar-refractivity contribution in [3.63, 3.8) is 0 Å². The minimum absolute atomic E-state index is 0.0370. The molecule has 0 aliphatic heterocycles. The van der Waals surface area contributed by atoms with Crippen LogP contribution in [0.2, 0.25) is 0 Å². The van der Waals surface area contributed by atoms with Gasteiger partial charge >= 0.3 is 0 Å². The minimum Gasteiger partial charge on any atom is -0.487 e. The van der Waals surface area contributed by atoms with Crippen LogP contribution in [0, 0.1) is 5.82 Å². The van der Waals surface area contributed by atoms with Gasteiger partial charge in [-0.1, -0.05) is 32.0 Å². The van der Waals surface area contributed by atoms with Gasteiger partial charge in [0.25, 0.3) is 0 Å². The van der Waals surface area contributed by atoms with E-state index in [0.717, 1.165) is 16.4 Å². The van der Waals surface area contributed by atoms with Crippen molar-refractivity contribution in [2.24, 2.45) is 0 Å². The monoisotopic (exact) mass is 316 g/mol. The summed E-state index contributed by atoms with van der Waals surface area (Å²) in [4.78, 5) is 3.25. The number of ether oxygens (including phenoxy) is 1. The zero-order valence-corrected chi connectivity index (χ0v) is 13.3. The number of aromatic amines is 1.